The summed E-state index contributed by atoms with van der Waals surface area (Å²) in [7, 11) is 0. The van der Waals surface area contributed by atoms with E-state index in [9.17, 15) is 29.8 Å². The Kier molecular flexibility index (Phi) is 6.88. The molecule has 0 fully saturated rings. The van der Waals surface area contributed by atoms with Gasteiger partial charge in [-0.15, -0.1) is 20.2 Å². The van der Waals surface area contributed by atoms with Crippen molar-refractivity contribution >= 4 is 11.9 Å². The number of benzene rings is 1. The molecule has 0 radical (unpaired) electrons. The van der Waals surface area contributed by atoms with Gasteiger partial charge in [0.2, 0.25) is 0 Å². The number of esters is 2. The Morgan fingerprint density at radius 1 is 1.12 bits per heavy atom. The minimum Gasteiger partial charge on any atom is -0.460 e. The summed E-state index contributed by atoms with van der Waals surface area (Å²) in [6.45, 7) is -0.368. The van der Waals surface area contributed by atoms with Gasteiger partial charge in [0.25, 0.3) is 10.2 Å². The molecule has 1 atom stereocenters. The van der Waals surface area contributed by atoms with Crippen LogP contribution < -0.4 is 4.74 Å². The largest absolute Gasteiger partial charge is 0.460 e. The van der Waals surface area contributed by atoms with E-state index in [1.807, 2.05) is 0 Å². The second-order valence-corrected chi connectivity index (χ2v) is 4.16. The Hall–Kier alpha value is -3.44. The van der Waals surface area contributed by atoms with E-state index in [-0.39, 0.29) is 11.3 Å². The summed E-state index contributed by atoms with van der Waals surface area (Å²) in [4.78, 5) is 51.4. The van der Waals surface area contributed by atoms with Crippen LogP contribution in [0.2, 0.25) is 0 Å². The van der Waals surface area contributed by atoms with Crippen molar-refractivity contribution in [2.24, 2.45) is 0 Å². The minimum atomic E-state index is -1.50. The molecule has 12 nitrogen and oxygen atoms in total. The average Bonchev–Trinajstić information content (AvgIpc) is 2.49. The van der Waals surface area contributed by atoms with Gasteiger partial charge in [0, 0.05) is 6.92 Å². The molecule has 1 unspecified atom stereocenters. The van der Waals surface area contributed by atoms with Crippen LogP contribution in [0.5, 0.6) is 5.75 Å². The van der Waals surface area contributed by atoms with Crippen LogP contribution in [0.3, 0.4) is 0 Å². The van der Waals surface area contributed by atoms with Crippen LogP contribution in [-0.2, 0) is 19.2 Å². The standard InChI is InChI=1S/C12H12N2O10/c1-8(15)23-11-5-3-2-4-10(11)12(16)21-6-9(24-14(19)20)7-22-13(17)18/h2-5,9H,6-7H2,1H3. The maximum Gasteiger partial charge on any atom is 0.342 e. The van der Waals surface area contributed by atoms with E-state index in [1.54, 1.807) is 0 Å². The van der Waals surface area contributed by atoms with E-state index in [1.165, 1.54) is 24.3 Å². The molecular weight excluding hydrogens is 332 g/mol. The first kappa shape index (κ1) is 18.6. The van der Waals surface area contributed by atoms with Gasteiger partial charge in [-0.3, -0.25) is 4.79 Å². The average molecular weight is 344 g/mol. The Balaban J connectivity index is 2.72. The molecule has 0 amide bonds. The fraction of sp³-hybridized carbons (Fsp3) is 0.333. The molecule has 0 N–H and O–H groups in total. The van der Waals surface area contributed by atoms with E-state index >= 15 is 0 Å². The zero-order chi connectivity index (χ0) is 18.1. The summed E-state index contributed by atoms with van der Waals surface area (Å²) >= 11 is 0. The lowest BCUT2D eigenvalue weighted by Crippen LogP contribution is -2.30. The SMILES string of the molecule is CC(=O)Oc1ccccc1C(=O)OCC(CO[N+](=O)[O-])O[N+](=O)[O-]. The summed E-state index contributed by atoms with van der Waals surface area (Å²) in [6.07, 6.45) is -1.50. The van der Waals surface area contributed by atoms with Gasteiger partial charge < -0.3 is 19.1 Å². The van der Waals surface area contributed by atoms with E-state index < -0.39 is 41.4 Å². The fourth-order valence-electron chi connectivity index (χ4n) is 1.50. The van der Waals surface area contributed by atoms with E-state index in [0.717, 1.165) is 6.92 Å². The molecular formula is C12H12N2O10. The predicted octanol–water partition coefficient (Wildman–Crippen LogP) is 0.554. The molecule has 0 bridgehead atoms. The smallest absolute Gasteiger partial charge is 0.342 e. The van der Waals surface area contributed by atoms with Gasteiger partial charge in [0.05, 0.1) is 0 Å². The van der Waals surface area contributed by atoms with Crippen LogP contribution >= 0.6 is 0 Å². The molecule has 24 heavy (non-hydrogen) atoms. The third kappa shape index (κ3) is 6.55. The summed E-state index contributed by atoms with van der Waals surface area (Å²) in [5, 5.41) is 18.0. The first-order valence-corrected chi connectivity index (χ1v) is 6.32. The third-order valence-corrected chi connectivity index (χ3v) is 2.36. The van der Waals surface area contributed by atoms with Gasteiger partial charge in [-0.05, 0) is 12.1 Å². The fourth-order valence-corrected chi connectivity index (χ4v) is 1.50. The van der Waals surface area contributed by atoms with E-state index in [4.69, 9.17) is 9.47 Å². The maximum atomic E-state index is 12.0. The number of carbonyl (C=O) groups excluding carboxylic acids is 2. The van der Waals surface area contributed by atoms with Crippen LogP contribution in [-0.4, -0.2) is 41.4 Å². The van der Waals surface area contributed by atoms with Crippen LogP contribution in [0.25, 0.3) is 0 Å². The molecule has 0 aliphatic rings. The van der Waals surface area contributed by atoms with Gasteiger partial charge in [-0.1, -0.05) is 12.1 Å². The summed E-state index contributed by atoms with van der Waals surface area (Å²) in [6, 6.07) is 5.64. The summed E-state index contributed by atoms with van der Waals surface area (Å²) in [5.74, 6) is -1.70. The Morgan fingerprint density at radius 2 is 1.79 bits per heavy atom. The topological polar surface area (TPSA) is 157 Å². The van der Waals surface area contributed by atoms with Crippen molar-refractivity contribution in [3.63, 3.8) is 0 Å². The molecule has 130 valence electrons. The van der Waals surface area contributed by atoms with Gasteiger partial charge in [0.1, 0.15) is 24.5 Å². The quantitative estimate of drug-likeness (QED) is 0.268. The lowest BCUT2D eigenvalue weighted by molar-refractivity contribution is -0.790. The number of ether oxygens (including phenoxy) is 2. The van der Waals surface area contributed by atoms with Crippen LogP contribution in [0, 0.1) is 20.2 Å². The summed E-state index contributed by atoms with van der Waals surface area (Å²) in [5.41, 5.74) is -0.109. The van der Waals surface area contributed by atoms with E-state index in [2.05, 4.69) is 9.68 Å². The molecule has 0 spiro atoms. The van der Waals surface area contributed by atoms with Crippen molar-refractivity contribution in [3.8, 4) is 5.75 Å². The van der Waals surface area contributed by atoms with Crippen molar-refractivity contribution < 1.29 is 38.9 Å². The second kappa shape index (κ2) is 8.87. The van der Waals surface area contributed by atoms with Gasteiger partial charge in [0.15, 0.2) is 6.10 Å². The number of rotatable bonds is 9. The molecule has 0 saturated carbocycles. The highest BCUT2D eigenvalue weighted by Crippen LogP contribution is 2.19. The van der Waals surface area contributed by atoms with Crippen molar-refractivity contribution in [2.45, 2.75) is 13.0 Å². The zero-order valence-electron chi connectivity index (χ0n) is 12.3. The van der Waals surface area contributed by atoms with E-state index in [0.29, 0.717) is 0 Å². The second-order valence-electron chi connectivity index (χ2n) is 4.16. The normalized spacial score (nSPS) is 11.0. The lowest BCUT2D eigenvalue weighted by Gasteiger charge is -2.14. The monoisotopic (exact) mass is 344 g/mol. The number of hydrogen-bond donors (Lipinski definition) is 0. The first-order chi connectivity index (χ1) is 11.3. The first-order valence-electron chi connectivity index (χ1n) is 6.32. The number of hydrogen-bond acceptors (Lipinski definition) is 10. The highest BCUT2D eigenvalue weighted by atomic mass is 17.0. The van der Waals surface area contributed by atoms with Crippen molar-refractivity contribution in [1.29, 1.82) is 0 Å². The molecule has 0 heterocycles. The molecule has 12 heteroatoms. The highest BCUT2D eigenvalue weighted by Gasteiger charge is 2.21. The summed E-state index contributed by atoms with van der Waals surface area (Å²) < 4.78 is 9.61. The van der Waals surface area contributed by atoms with Crippen LogP contribution in [0.15, 0.2) is 24.3 Å². The van der Waals surface area contributed by atoms with Crippen molar-refractivity contribution in [3.05, 3.63) is 50.1 Å². The minimum absolute atomic E-state index is 0.0664. The molecule has 0 aliphatic heterocycles. The predicted molar refractivity (Wildman–Crippen MR) is 72.8 cm³/mol. The Morgan fingerprint density at radius 3 is 2.38 bits per heavy atom. The molecule has 0 saturated heterocycles. The molecule has 0 aliphatic carbocycles. The van der Waals surface area contributed by atoms with Gasteiger partial charge >= 0.3 is 11.9 Å². The number of carbonyl (C=O) groups is 2. The molecule has 1 rings (SSSR count). The van der Waals surface area contributed by atoms with Crippen LogP contribution in [0.1, 0.15) is 17.3 Å². The Labute approximate surface area is 134 Å². The third-order valence-electron chi connectivity index (χ3n) is 2.36. The number of para-hydroxylation sites is 1. The Bertz CT molecular complexity index is 632. The van der Waals surface area contributed by atoms with Gasteiger partial charge in [-0.2, -0.15) is 0 Å². The van der Waals surface area contributed by atoms with Crippen LogP contribution in [0.4, 0.5) is 0 Å². The number of nitrogens with zero attached hydrogens (tertiary/aromatic N) is 2. The van der Waals surface area contributed by atoms with Crippen molar-refractivity contribution in [1.82, 2.24) is 0 Å². The lowest BCUT2D eigenvalue weighted by atomic mass is 10.2. The maximum absolute atomic E-state index is 12.0. The van der Waals surface area contributed by atoms with Gasteiger partial charge in [-0.25, -0.2) is 4.79 Å². The molecule has 1 aromatic rings. The highest BCUT2D eigenvalue weighted by molar-refractivity contribution is 5.93. The van der Waals surface area contributed by atoms with Crippen molar-refractivity contribution in [2.75, 3.05) is 13.2 Å². The molecule has 1 aromatic carbocycles. The zero-order valence-corrected chi connectivity index (χ0v) is 12.3. The molecule has 0 aromatic heterocycles.